The molecule has 4 nitrogen and oxygen atoms in total. The first-order chi connectivity index (χ1) is 4.59. The fourth-order valence-electron chi connectivity index (χ4n) is 0.854. The zero-order valence-electron chi connectivity index (χ0n) is 5.27. The monoisotopic (exact) mass is 166 g/mol. The van der Waals surface area contributed by atoms with Gasteiger partial charge < -0.3 is 20.1 Å². The van der Waals surface area contributed by atoms with Gasteiger partial charge in [0.25, 0.3) is 0 Å². The topological polar surface area (TPSA) is 69.9 Å². The van der Waals surface area contributed by atoms with Gasteiger partial charge in [-0.25, -0.2) is 0 Å². The molecule has 0 aromatic carbocycles. The highest BCUT2D eigenvalue weighted by atomic mass is 32.1. The van der Waals surface area contributed by atoms with Crippen molar-refractivity contribution in [2.45, 2.75) is 17.1 Å². The van der Waals surface area contributed by atoms with Crippen molar-refractivity contribution in [1.82, 2.24) is 0 Å². The first-order valence-corrected chi connectivity index (χ1v) is 3.39. The molecule has 1 saturated heterocycles. The van der Waals surface area contributed by atoms with Gasteiger partial charge in [-0.1, -0.05) is 0 Å². The molecule has 0 saturated carbocycles. The van der Waals surface area contributed by atoms with Crippen molar-refractivity contribution in [3.05, 3.63) is 0 Å². The number of aliphatic hydroxyl groups excluding tert-OH is 2. The molecular formula is C5H10O4S. The van der Waals surface area contributed by atoms with Crippen molar-refractivity contribution in [2.75, 3.05) is 13.2 Å². The highest BCUT2D eigenvalue weighted by Gasteiger charge is 2.46. The van der Waals surface area contributed by atoms with E-state index in [1.54, 1.807) is 0 Å². The van der Waals surface area contributed by atoms with Gasteiger partial charge in [-0.05, 0) is 0 Å². The summed E-state index contributed by atoms with van der Waals surface area (Å²) in [7, 11) is 0. The lowest BCUT2D eigenvalue weighted by molar-refractivity contribution is -0.0272. The van der Waals surface area contributed by atoms with Gasteiger partial charge in [0.1, 0.15) is 12.2 Å². The van der Waals surface area contributed by atoms with Crippen molar-refractivity contribution in [2.24, 2.45) is 0 Å². The number of aliphatic hydroxyl groups is 3. The minimum Gasteiger partial charge on any atom is -0.394 e. The third-order valence-corrected chi connectivity index (χ3v) is 2.17. The highest BCUT2D eigenvalue weighted by molar-refractivity contribution is 7.81. The summed E-state index contributed by atoms with van der Waals surface area (Å²) < 4.78 is 4.80. The third kappa shape index (κ3) is 1.15. The van der Waals surface area contributed by atoms with E-state index in [2.05, 4.69) is 12.6 Å². The van der Waals surface area contributed by atoms with Crippen molar-refractivity contribution < 1.29 is 20.1 Å². The summed E-state index contributed by atoms with van der Waals surface area (Å²) in [6, 6.07) is 0. The Balaban J connectivity index is 2.64. The summed E-state index contributed by atoms with van der Waals surface area (Å²) in [5.41, 5.74) is 0. The van der Waals surface area contributed by atoms with Gasteiger partial charge in [0.05, 0.1) is 13.2 Å². The van der Waals surface area contributed by atoms with E-state index in [-0.39, 0.29) is 13.2 Å². The van der Waals surface area contributed by atoms with E-state index in [0.29, 0.717) is 0 Å². The lowest BCUT2D eigenvalue weighted by atomic mass is 10.1. The summed E-state index contributed by atoms with van der Waals surface area (Å²) in [5, 5.41) is 26.8. The van der Waals surface area contributed by atoms with Crippen LogP contribution < -0.4 is 0 Å². The lowest BCUT2D eigenvalue weighted by Crippen LogP contribution is -2.43. The number of ether oxygens (including phenoxy) is 1. The summed E-state index contributed by atoms with van der Waals surface area (Å²) in [4.78, 5) is -1.60. The molecule has 0 spiro atoms. The van der Waals surface area contributed by atoms with Crippen molar-refractivity contribution >= 4 is 12.6 Å². The highest BCUT2D eigenvalue weighted by Crippen LogP contribution is 2.29. The second-order valence-corrected chi connectivity index (χ2v) is 3.02. The van der Waals surface area contributed by atoms with Gasteiger partial charge in [0.15, 0.2) is 4.93 Å². The standard InChI is InChI=1S/C5H10O4S/c6-1-4-5(8,10)3(7)2-9-4/h3-4,6-8,10H,1-2H2/t3-,4+,5+/m0/s1. The molecule has 0 amide bonds. The molecule has 0 aliphatic carbocycles. The Bertz CT molecular complexity index is 127. The molecule has 3 N–H and O–H groups in total. The molecule has 10 heavy (non-hydrogen) atoms. The summed E-state index contributed by atoms with van der Waals surface area (Å²) in [6.45, 7) is -0.317. The quantitative estimate of drug-likeness (QED) is 0.278. The van der Waals surface area contributed by atoms with Crippen LogP contribution >= 0.6 is 12.6 Å². The Kier molecular flexibility index (Phi) is 2.21. The van der Waals surface area contributed by atoms with Crippen LogP contribution in [0.1, 0.15) is 0 Å². The second-order valence-electron chi connectivity index (χ2n) is 2.30. The van der Waals surface area contributed by atoms with Crippen LogP contribution in [0.3, 0.4) is 0 Å². The largest absolute Gasteiger partial charge is 0.394 e. The molecule has 1 rings (SSSR count). The van der Waals surface area contributed by atoms with Crippen molar-refractivity contribution in [3.63, 3.8) is 0 Å². The summed E-state index contributed by atoms with van der Waals surface area (Å²) >= 11 is 3.74. The molecule has 0 aromatic heterocycles. The molecule has 1 fully saturated rings. The zero-order valence-corrected chi connectivity index (χ0v) is 6.16. The Labute approximate surface area is 63.8 Å². The van der Waals surface area contributed by atoms with Gasteiger partial charge >= 0.3 is 0 Å². The maximum absolute atomic E-state index is 9.25. The molecule has 5 heteroatoms. The molecule has 1 aliphatic rings. The van der Waals surface area contributed by atoms with Crippen LogP contribution in [0.15, 0.2) is 0 Å². The summed E-state index contributed by atoms with van der Waals surface area (Å²) in [5.74, 6) is 0. The molecule has 0 bridgehead atoms. The van der Waals surface area contributed by atoms with Gasteiger partial charge in [-0.3, -0.25) is 0 Å². The van der Waals surface area contributed by atoms with Gasteiger partial charge in [0, 0.05) is 0 Å². The van der Waals surface area contributed by atoms with Crippen LogP contribution in [0, 0.1) is 0 Å². The van der Waals surface area contributed by atoms with Crippen LogP contribution in [0.2, 0.25) is 0 Å². The number of hydrogen-bond acceptors (Lipinski definition) is 5. The van der Waals surface area contributed by atoms with Crippen LogP contribution in [-0.4, -0.2) is 45.7 Å². The van der Waals surface area contributed by atoms with Crippen molar-refractivity contribution in [1.29, 1.82) is 0 Å². The van der Waals surface area contributed by atoms with E-state index in [4.69, 9.17) is 14.9 Å². The maximum atomic E-state index is 9.25. The molecule has 0 aromatic rings. The maximum Gasteiger partial charge on any atom is 0.164 e. The number of rotatable bonds is 1. The molecular weight excluding hydrogens is 156 g/mol. The second kappa shape index (κ2) is 2.67. The van der Waals surface area contributed by atoms with E-state index < -0.39 is 17.1 Å². The van der Waals surface area contributed by atoms with E-state index in [1.165, 1.54) is 0 Å². The van der Waals surface area contributed by atoms with Crippen LogP contribution in [0.25, 0.3) is 0 Å². The molecule has 1 aliphatic heterocycles. The molecule has 0 unspecified atom stereocenters. The van der Waals surface area contributed by atoms with Crippen LogP contribution in [0.4, 0.5) is 0 Å². The smallest absolute Gasteiger partial charge is 0.164 e. The minimum atomic E-state index is -1.60. The average Bonchev–Trinajstić information content (AvgIpc) is 2.10. The number of thiol groups is 1. The predicted octanol–water partition coefficient (Wildman–Crippen LogP) is -1.64. The fourth-order valence-corrected chi connectivity index (χ4v) is 1.08. The Hall–Kier alpha value is 0.190. The average molecular weight is 166 g/mol. The van der Waals surface area contributed by atoms with E-state index in [9.17, 15) is 5.11 Å². The molecule has 1 heterocycles. The van der Waals surface area contributed by atoms with Crippen LogP contribution in [-0.2, 0) is 4.74 Å². The Morgan fingerprint density at radius 1 is 1.70 bits per heavy atom. The Morgan fingerprint density at radius 3 is 2.50 bits per heavy atom. The first-order valence-electron chi connectivity index (χ1n) is 2.94. The summed E-state index contributed by atoms with van der Waals surface area (Å²) in [6.07, 6.45) is -1.81. The van der Waals surface area contributed by atoms with Crippen molar-refractivity contribution in [3.8, 4) is 0 Å². The minimum absolute atomic E-state index is 0.0191. The molecule has 0 radical (unpaired) electrons. The molecule has 60 valence electrons. The van der Waals surface area contributed by atoms with E-state index >= 15 is 0 Å². The van der Waals surface area contributed by atoms with Crippen LogP contribution in [0.5, 0.6) is 0 Å². The van der Waals surface area contributed by atoms with E-state index in [0.717, 1.165) is 0 Å². The normalized spacial score (nSPS) is 48.0. The fraction of sp³-hybridized carbons (Fsp3) is 1.00. The van der Waals surface area contributed by atoms with Gasteiger partial charge in [-0.15, -0.1) is 12.6 Å². The SMILES string of the molecule is OC[C@H]1OC[C@H](O)[C@@]1(O)S. The van der Waals surface area contributed by atoms with Gasteiger partial charge in [0.2, 0.25) is 0 Å². The zero-order chi connectivity index (χ0) is 7.78. The number of hydrogen-bond donors (Lipinski definition) is 4. The van der Waals surface area contributed by atoms with E-state index in [1.807, 2.05) is 0 Å². The Morgan fingerprint density at radius 2 is 2.30 bits per heavy atom. The first kappa shape index (κ1) is 8.29. The molecule has 3 atom stereocenters. The lowest BCUT2D eigenvalue weighted by Gasteiger charge is -2.23. The predicted molar refractivity (Wildman–Crippen MR) is 36.8 cm³/mol. The van der Waals surface area contributed by atoms with Gasteiger partial charge in [-0.2, -0.15) is 0 Å². The third-order valence-electron chi connectivity index (χ3n) is 1.59.